The number of benzene rings is 2. The minimum Gasteiger partial charge on any atom is -0.497 e. The van der Waals surface area contributed by atoms with Crippen LogP contribution in [0.5, 0.6) is 5.75 Å². The van der Waals surface area contributed by atoms with Gasteiger partial charge in [-0.25, -0.2) is 0 Å². The van der Waals surface area contributed by atoms with Gasteiger partial charge in [0.25, 0.3) is 0 Å². The number of aromatic nitrogens is 1. The topological polar surface area (TPSA) is 61.3 Å². The quantitative estimate of drug-likeness (QED) is 0.790. The Morgan fingerprint density at radius 1 is 1.05 bits per heavy atom. The predicted molar refractivity (Wildman–Crippen MR) is 83.1 cm³/mol. The van der Waals surface area contributed by atoms with Gasteiger partial charge >= 0.3 is 0 Å². The molecule has 0 fully saturated rings. The van der Waals surface area contributed by atoms with Gasteiger partial charge in [0.1, 0.15) is 5.75 Å². The number of aryl methyl sites for hydroxylation is 1. The fraction of sp³-hybridized carbons (Fsp3) is 0.118. The number of nitrogens with zero attached hydrogens (tertiary/aromatic N) is 1. The van der Waals surface area contributed by atoms with Crippen molar-refractivity contribution in [2.45, 2.75) is 6.92 Å². The molecule has 0 unspecified atom stereocenters. The van der Waals surface area contributed by atoms with Crippen LogP contribution in [0, 0.1) is 6.92 Å². The van der Waals surface area contributed by atoms with Crippen molar-refractivity contribution in [3.8, 4) is 28.2 Å². The molecule has 0 bridgehead atoms. The zero-order chi connectivity index (χ0) is 14.8. The average molecular weight is 280 g/mol. The lowest BCUT2D eigenvalue weighted by Crippen LogP contribution is -1.89. The molecular formula is C17H16N2O2. The van der Waals surface area contributed by atoms with Gasteiger partial charge in [0, 0.05) is 5.56 Å². The van der Waals surface area contributed by atoms with Crippen molar-refractivity contribution in [1.29, 1.82) is 0 Å². The van der Waals surface area contributed by atoms with Gasteiger partial charge in [0.2, 0.25) is 0 Å². The number of ether oxygens (including phenoxy) is 1. The zero-order valence-electron chi connectivity index (χ0n) is 12.0. The van der Waals surface area contributed by atoms with Gasteiger partial charge in [-0.1, -0.05) is 35.0 Å². The second kappa shape index (κ2) is 5.32. The van der Waals surface area contributed by atoms with Gasteiger partial charge < -0.3 is 15.0 Å². The number of rotatable bonds is 3. The number of methoxy groups -OCH3 is 1. The molecule has 1 heterocycles. The van der Waals surface area contributed by atoms with Crippen molar-refractivity contribution in [2.75, 3.05) is 12.8 Å². The van der Waals surface area contributed by atoms with Crippen LogP contribution in [0.15, 0.2) is 53.1 Å². The van der Waals surface area contributed by atoms with E-state index in [0.29, 0.717) is 11.6 Å². The van der Waals surface area contributed by atoms with Gasteiger partial charge in [0.05, 0.1) is 12.7 Å². The highest BCUT2D eigenvalue weighted by molar-refractivity contribution is 5.86. The molecule has 0 amide bonds. The first-order valence-corrected chi connectivity index (χ1v) is 6.65. The highest BCUT2D eigenvalue weighted by Crippen LogP contribution is 2.37. The van der Waals surface area contributed by atoms with Crippen LogP contribution in [-0.2, 0) is 0 Å². The van der Waals surface area contributed by atoms with Gasteiger partial charge in [-0.3, -0.25) is 0 Å². The second-order valence-corrected chi connectivity index (χ2v) is 4.87. The van der Waals surface area contributed by atoms with Crippen LogP contribution < -0.4 is 10.5 Å². The maximum Gasteiger partial charge on any atom is 0.176 e. The summed E-state index contributed by atoms with van der Waals surface area (Å²) in [7, 11) is 1.64. The lowest BCUT2D eigenvalue weighted by Gasteiger charge is -2.05. The highest BCUT2D eigenvalue weighted by atomic mass is 16.5. The summed E-state index contributed by atoms with van der Waals surface area (Å²) in [5.74, 6) is 1.86. The normalized spacial score (nSPS) is 10.6. The average Bonchev–Trinajstić information content (AvgIpc) is 2.89. The molecule has 4 nitrogen and oxygen atoms in total. The Kier molecular flexibility index (Phi) is 3.36. The van der Waals surface area contributed by atoms with Gasteiger partial charge in [-0.2, -0.15) is 0 Å². The van der Waals surface area contributed by atoms with E-state index in [9.17, 15) is 0 Å². The Morgan fingerprint density at radius 2 is 1.81 bits per heavy atom. The van der Waals surface area contributed by atoms with Crippen LogP contribution in [0.25, 0.3) is 22.5 Å². The molecule has 21 heavy (non-hydrogen) atoms. The van der Waals surface area contributed by atoms with Crippen LogP contribution in [0.3, 0.4) is 0 Å². The first-order chi connectivity index (χ1) is 10.2. The SMILES string of the molecule is COc1ccc(-c2onc(N)c2-c2cccc(C)c2)cc1. The van der Waals surface area contributed by atoms with E-state index >= 15 is 0 Å². The minimum absolute atomic E-state index is 0.395. The third-order valence-corrected chi connectivity index (χ3v) is 3.38. The summed E-state index contributed by atoms with van der Waals surface area (Å²) in [5.41, 5.74) is 9.88. The summed E-state index contributed by atoms with van der Waals surface area (Å²) >= 11 is 0. The van der Waals surface area contributed by atoms with Gasteiger partial charge in [0.15, 0.2) is 11.6 Å². The highest BCUT2D eigenvalue weighted by Gasteiger charge is 2.17. The summed E-state index contributed by atoms with van der Waals surface area (Å²) in [6, 6.07) is 15.7. The molecule has 0 aliphatic carbocycles. The van der Waals surface area contributed by atoms with E-state index < -0.39 is 0 Å². The van der Waals surface area contributed by atoms with Crippen LogP contribution in [-0.4, -0.2) is 12.3 Å². The molecule has 0 saturated heterocycles. The molecular weight excluding hydrogens is 264 g/mol. The molecule has 0 aliphatic rings. The number of hydrogen-bond acceptors (Lipinski definition) is 4. The number of hydrogen-bond donors (Lipinski definition) is 1. The number of nitrogens with two attached hydrogens (primary N) is 1. The molecule has 106 valence electrons. The molecule has 0 aliphatic heterocycles. The van der Waals surface area contributed by atoms with Crippen LogP contribution in [0.1, 0.15) is 5.56 Å². The number of anilines is 1. The Morgan fingerprint density at radius 3 is 2.48 bits per heavy atom. The first-order valence-electron chi connectivity index (χ1n) is 6.65. The molecule has 0 radical (unpaired) electrons. The van der Waals surface area contributed by atoms with Crippen LogP contribution in [0.2, 0.25) is 0 Å². The van der Waals surface area contributed by atoms with E-state index in [-0.39, 0.29) is 0 Å². The molecule has 0 atom stereocenters. The molecule has 4 heteroatoms. The minimum atomic E-state index is 0.395. The molecule has 0 spiro atoms. The Hall–Kier alpha value is -2.75. The van der Waals surface area contributed by atoms with Crippen LogP contribution in [0.4, 0.5) is 5.82 Å². The van der Waals surface area contributed by atoms with Crippen molar-refractivity contribution < 1.29 is 9.26 Å². The van der Waals surface area contributed by atoms with Crippen molar-refractivity contribution in [3.63, 3.8) is 0 Å². The Labute approximate surface area is 123 Å². The van der Waals surface area contributed by atoms with E-state index in [0.717, 1.165) is 28.0 Å². The van der Waals surface area contributed by atoms with E-state index in [4.69, 9.17) is 15.0 Å². The Balaban J connectivity index is 2.12. The van der Waals surface area contributed by atoms with Crippen molar-refractivity contribution in [1.82, 2.24) is 5.16 Å². The van der Waals surface area contributed by atoms with Crippen molar-refractivity contribution in [3.05, 3.63) is 54.1 Å². The molecule has 2 N–H and O–H groups in total. The third kappa shape index (κ3) is 2.48. The molecule has 3 rings (SSSR count). The molecule has 1 aromatic heterocycles. The monoisotopic (exact) mass is 280 g/mol. The van der Waals surface area contributed by atoms with E-state index in [1.165, 1.54) is 0 Å². The molecule has 3 aromatic rings. The van der Waals surface area contributed by atoms with E-state index in [1.807, 2.05) is 49.4 Å². The first kappa shape index (κ1) is 13.2. The van der Waals surface area contributed by atoms with Crippen molar-refractivity contribution in [2.24, 2.45) is 0 Å². The number of nitrogen functional groups attached to an aromatic ring is 1. The summed E-state index contributed by atoms with van der Waals surface area (Å²) in [6.07, 6.45) is 0. The summed E-state index contributed by atoms with van der Waals surface area (Å²) in [4.78, 5) is 0. The summed E-state index contributed by atoms with van der Waals surface area (Å²) in [5, 5.41) is 3.91. The largest absolute Gasteiger partial charge is 0.497 e. The molecule has 2 aromatic carbocycles. The zero-order valence-corrected chi connectivity index (χ0v) is 12.0. The van der Waals surface area contributed by atoms with Crippen LogP contribution >= 0.6 is 0 Å². The standard InChI is InChI=1S/C17H16N2O2/c1-11-4-3-5-13(10-11)15-16(21-19-17(15)18)12-6-8-14(20-2)9-7-12/h3-10H,1-2H3,(H2,18,19). The van der Waals surface area contributed by atoms with E-state index in [1.54, 1.807) is 7.11 Å². The predicted octanol–water partition coefficient (Wildman–Crippen LogP) is 3.91. The summed E-state index contributed by atoms with van der Waals surface area (Å²) in [6.45, 7) is 2.04. The smallest absolute Gasteiger partial charge is 0.176 e. The molecule has 0 saturated carbocycles. The van der Waals surface area contributed by atoms with E-state index in [2.05, 4.69) is 11.2 Å². The maximum atomic E-state index is 5.99. The second-order valence-electron chi connectivity index (χ2n) is 4.87. The maximum absolute atomic E-state index is 5.99. The van der Waals surface area contributed by atoms with Gasteiger partial charge in [-0.05, 0) is 36.8 Å². The Bertz CT molecular complexity index is 761. The lowest BCUT2D eigenvalue weighted by atomic mass is 10.00. The fourth-order valence-corrected chi connectivity index (χ4v) is 2.32. The third-order valence-electron chi connectivity index (χ3n) is 3.38. The van der Waals surface area contributed by atoms with Gasteiger partial charge in [-0.15, -0.1) is 0 Å². The van der Waals surface area contributed by atoms with Crippen molar-refractivity contribution >= 4 is 5.82 Å². The summed E-state index contributed by atoms with van der Waals surface area (Å²) < 4.78 is 10.6. The lowest BCUT2D eigenvalue weighted by molar-refractivity contribution is 0.414. The fourth-order valence-electron chi connectivity index (χ4n) is 2.32.